The molecule has 1 aromatic carbocycles. The van der Waals surface area contributed by atoms with Gasteiger partial charge in [-0.05, 0) is 18.2 Å². The van der Waals surface area contributed by atoms with Gasteiger partial charge in [-0.1, -0.05) is 17.7 Å². The fourth-order valence-electron chi connectivity index (χ4n) is 1.31. The number of benzene rings is 1. The van der Waals surface area contributed by atoms with Crippen molar-refractivity contribution in [3.63, 3.8) is 0 Å². The molecule has 0 unspecified atom stereocenters. The summed E-state index contributed by atoms with van der Waals surface area (Å²) in [4.78, 5) is 12.2. The molecule has 4 nitrogen and oxygen atoms in total. The van der Waals surface area contributed by atoms with E-state index in [-0.39, 0.29) is 0 Å². The van der Waals surface area contributed by atoms with Crippen LogP contribution in [0.4, 0.5) is 5.69 Å². The van der Waals surface area contributed by atoms with Gasteiger partial charge >= 0.3 is 5.97 Å². The first-order chi connectivity index (χ1) is 8.04. The molecular weight excluding hydrogens is 242 g/mol. The molecule has 1 rings (SSSR count). The lowest BCUT2D eigenvalue weighted by molar-refractivity contribution is -0.131. The van der Waals surface area contributed by atoms with E-state index in [9.17, 15) is 4.79 Å². The van der Waals surface area contributed by atoms with Crippen molar-refractivity contribution in [1.82, 2.24) is 0 Å². The molecule has 0 spiro atoms. The maximum atomic E-state index is 10.3. The predicted octanol–water partition coefficient (Wildman–Crippen LogP) is 2.43. The van der Waals surface area contributed by atoms with Gasteiger partial charge in [0, 0.05) is 25.4 Å². The number of carboxylic acid groups (broad SMARTS) is 1. The molecule has 17 heavy (non-hydrogen) atoms. The molecule has 0 atom stereocenters. The molecule has 0 heterocycles. The van der Waals surface area contributed by atoms with Gasteiger partial charge in [-0.25, -0.2) is 4.79 Å². The normalized spacial score (nSPS) is 10.5. The van der Waals surface area contributed by atoms with Gasteiger partial charge in [0.15, 0.2) is 0 Å². The molecule has 5 heteroatoms. The molecule has 0 aromatic heterocycles. The SMILES string of the molecule is COc1ccc(N(C)C/C=C/C(=O)O)cc1Cl. The number of likely N-dealkylation sites (N-methyl/N-ethyl adjacent to an activating group) is 1. The predicted molar refractivity (Wildman–Crippen MR) is 68.0 cm³/mol. The summed E-state index contributed by atoms with van der Waals surface area (Å²) in [6.45, 7) is 0.495. The number of halogens is 1. The summed E-state index contributed by atoms with van der Waals surface area (Å²) in [6.07, 6.45) is 2.68. The maximum Gasteiger partial charge on any atom is 0.328 e. The smallest absolute Gasteiger partial charge is 0.328 e. The monoisotopic (exact) mass is 255 g/mol. The highest BCUT2D eigenvalue weighted by Gasteiger charge is 2.04. The van der Waals surface area contributed by atoms with Gasteiger partial charge in [-0.3, -0.25) is 0 Å². The molecule has 0 saturated carbocycles. The first-order valence-electron chi connectivity index (χ1n) is 4.98. The second-order valence-corrected chi connectivity index (χ2v) is 3.85. The minimum atomic E-state index is -0.953. The Morgan fingerprint density at radius 3 is 2.82 bits per heavy atom. The Morgan fingerprint density at radius 1 is 1.59 bits per heavy atom. The Balaban J connectivity index is 2.72. The van der Waals surface area contributed by atoms with Gasteiger partial charge in [0.05, 0.1) is 12.1 Å². The van der Waals surface area contributed by atoms with E-state index in [2.05, 4.69) is 0 Å². The van der Waals surface area contributed by atoms with Crippen LogP contribution in [0.5, 0.6) is 5.75 Å². The maximum absolute atomic E-state index is 10.3. The lowest BCUT2D eigenvalue weighted by atomic mass is 10.2. The number of rotatable bonds is 5. The first-order valence-corrected chi connectivity index (χ1v) is 5.36. The molecule has 1 aromatic rings. The highest BCUT2D eigenvalue weighted by atomic mass is 35.5. The van der Waals surface area contributed by atoms with Gasteiger partial charge in [0.2, 0.25) is 0 Å². The second kappa shape index (κ2) is 6.15. The molecule has 0 aliphatic rings. The standard InChI is InChI=1S/C12H14ClNO3/c1-14(7-3-4-12(15)16)9-5-6-11(17-2)10(13)8-9/h3-6,8H,7H2,1-2H3,(H,15,16)/b4-3+. The molecule has 92 valence electrons. The molecule has 0 aliphatic carbocycles. The van der Waals surface area contributed by atoms with Crippen molar-refractivity contribution in [2.75, 3.05) is 25.6 Å². The number of nitrogens with zero attached hydrogens (tertiary/aromatic N) is 1. The molecule has 0 saturated heterocycles. The summed E-state index contributed by atoms with van der Waals surface area (Å²) in [5, 5.41) is 8.99. The van der Waals surface area contributed by atoms with Crippen molar-refractivity contribution in [2.24, 2.45) is 0 Å². The zero-order chi connectivity index (χ0) is 12.8. The van der Waals surface area contributed by atoms with Crippen LogP contribution in [0.25, 0.3) is 0 Å². The van der Waals surface area contributed by atoms with Crippen molar-refractivity contribution < 1.29 is 14.6 Å². The van der Waals surface area contributed by atoms with Crippen LogP contribution >= 0.6 is 11.6 Å². The number of ether oxygens (including phenoxy) is 1. The van der Waals surface area contributed by atoms with Crippen LogP contribution in [0.15, 0.2) is 30.4 Å². The average Bonchev–Trinajstić information content (AvgIpc) is 2.28. The summed E-state index contributed by atoms with van der Waals surface area (Å²) in [5.74, 6) is -0.337. The van der Waals surface area contributed by atoms with Crippen LogP contribution in [-0.4, -0.2) is 31.8 Å². The Labute approximate surface area is 105 Å². The highest BCUT2D eigenvalue weighted by Crippen LogP contribution is 2.28. The lowest BCUT2D eigenvalue weighted by Gasteiger charge is -2.18. The third-order valence-corrected chi connectivity index (χ3v) is 2.51. The number of aliphatic carboxylic acids is 1. The number of carbonyl (C=O) groups is 1. The number of methoxy groups -OCH3 is 1. The Hall–Kier alpha value is -1.68. The van der Waals surface area contributed by atoms with Crippen molar-refractivity contribution in [2.45, 2.75) is 0 Å². The van der Waals surface area contributed by atoms with E-state index in [1.807, 2.05) is 18.0 Å². The van der Waals surface area contributed by atoms with Crippen LogP contribution in [-0.2, 0) is 4.79 Å². The van der Waals surface area contributed by atoms with Crippen LogP contribution in [0.3, 0.4) is 0 Å². The lowest BCUT2D eigenvalue weighted by Crippen LogP contribution is -2.16. The number of hydrogen-bond donors (Lipinski definition) is 1. The first kappa shape index (κ1) is 13.4. The average molecular weight is 256 g/mol. The summed E-state index contributed by atoms with van der Waals surface area (Å²) in [7, 11) is 3.41. The van der Waals surface area contributed by atoms with Crippen LogP contribution in [0, 0.1) is 0 Å². The van der Waals surface area contributed by atoms with E-state index < -0.39 is 5.97 Å². The van der Waals surface area contributed by atoms with Crippen LogP contribution < -0.4 is 9.64 Å². The van der Waals surface area contributed by atoms with Gasteiger partial charge in [-0.2, -0.15) is 0 Å². The van der Waals surface area contributed by atoms with E-state index >= 15 is 0 Å². The minimum Gasteiger partial charge on any atom is -0.495 e. The van der Waals surface area contributed by atoms with Gasteiger partial charge < -0.3 is 14.7 Å². The van der Waals surface area contributed by atoms with Gasteiger partial charge in [-0.15, -0.1) is 0 Å². The largest absolute Gasteiger partial charge is 0.495 e. The van der Waals surface area contributed by atoms with E-state index in [1.54, 1.807) is 25.3 Å². The van der Waals surface area contributed by atoms with E-state index in [1.165, 1.54) is 0 Å². The third kappa shape index (κ3) is 4.00. The topological polar surface area (TPSA) is 49.8 Å². The molecule has 0 bridgehead atoms. The molecular formula is C12H14ClNO3. The highest BCUT2D eigenvalue weighted by molar-refractivity contribution is 6.32. The van der Waals surface area contributed by atoms with Gasteiger partial charge in [0.1, 0.15) is 5.75 Å². The van der Waals surface area contributed by atoms with Crippen molar-refractivity contribution in [3.8, 4) is 5.75 Å². The number of carboxylic acids is 1. The summed E-state index contributed by atoms with van der Waals surface area (Å²) in [6, 6.07) is 5.41. The van der Waals surface area contributed by atoms with E-state index in [0.29, 0.717) is 17.3 Å². The zero-order valence-electron chi connectivity index (χ0n) is 9.68. The molecule has 0 amide bonds. The van der Waals surface area contributed by atoms with Crippen molar-refractivity contribution in [3.05, 3.63) is 35.4 Å². The number of anilines is 1. The van der Waals surface area contributed by atoms with Crippen molar-refractivity contribution >= 4 is 23.3 Å². The summed E-state index contributed by atoms with van der Waals surface area (Å²) in [5.41, 5.74) is 0.894. The quantitative estimate of drug-likeness (QED) is 0.821. The second-order valence-electron chi connectivity index (χ2n) is 3.44. The van der Waals surface area contributed by atoms with E-state index in [4.69, 9.17) is 21.4 Å². The van der Waals surface area contributed by atoms with Gasteiger partial charge in [0.25, 0.3) is 0 Å². The Morgan fingerprint density at radius 2 is 2.29 bits per heavy atom. The summed E-state index contributed by atoms with van der Waals surface area (Å²) >= 11 is 5.99. The molecule has 1 N–H and O–H groups in total. The Kier molecular flexibility index (Phi) is 4.84. The molecule has 0 radical (unpaired) electrons. The number of hydrogen-bond acceptors (Lipinski definition) is 3. The summed E-state index contributed by atoms with van der Waals surface area (Å²) < 4.78 is 5.05. The third-order valence-electron chi connectivity index (χ3n) is 2.22. The minimum absolute atomic E-state index is 0.495. The zero-order valence-corrected chi connectivity index (χ0v) is 10.4. The molecule has 0 fully saturated rings. The fraction of sp³-hybridized carbons (Fsp3) is 0.250. The fourth-order valence-corrected chi connectivity index (χ4v) is 1.56. The van der Waals surface area contributed by atoms with Crippen LogP contribution in [0.1, 0.15) is 0 Å². The Bertz CT molecular complexity index is 432. The van der Waals surface area contributed by atoms with E-state index in [0.717, 1.165) is 11.8 Å². The van der Waals surface area contributed by atoms with Crippen molar-refractivity contribution in [1.29, 1.82) is 0 Å². The van der Waals surface area contributed by atoms with Crippen LogP contribution in [0.2, 0.25) is 5.02 Å². The molecule has 0 aliphatic heterocycles.